The van der Waals surface area contributed by atoms with Crippen LogP contribution in [-0.4, -0.2) is 53.0 Å². The number of carboxylic acid groups (broad SMARTS) is 1. The second-order valence-electron chi connectivity index (χ2n) is 9.50. The Labute approximate surface area is 150 Å². The molecule has 0 aromatic rings. The summed E-state index contributed by atoms with van der Waals surface area (Å²) >= 11 is 0. The minimum atomic E-state index is -0.815. The van der Waals surface area contributed by atoms with Gasteiger partial charge in [0.2, 0.25) is 0 Å². The van der Waals surface area contributed by atoms with Crippen LogP contribution >= 0.6 is 0 Å². The van der Waals surface area contributed by atoms with E-state index in [9.17, 15) is 14.7 Å². The summed E-state index contributed by atoms with van der Waals surface area (Å²) < 4.78 is 0. The molecule has 25 heavy (non-hydrogen) atoms. The number of likely N-dealkylation sites (tertiary alicyclic amines) is 1. The fraction of sp³-hybridized carbons (Fsp3) is 0.900. The SMILES string of the molecule is C1CNC1.CC1(C)C(=O)C(C2C3CC4CC(C3)CC2C4)N1CC(=O)O. The Morgan fingerprint density at radius 1 is 1.12 bits per heavy atom. The predicted octanol–water partition coefficient (Wildman–Crippen LogP) is 2.15. The molecule has 1 unspecified atom stereocenters. The van der Waals surface area contributed by atoms with Crippen LogP contribution in [0.1, 0.15) is 52.4 Å². The van der Waals surface area contributed by atoms with E-state index in [2.05, 4.69) is 5.32 Å². The molecule has 2 aliphatic heterocycles. The van der Waals surface area contributed by atoms with Crippen LogP contribution < -0.4 is 5.32 Å². The minimum absolute atomic E-state index is 0.00615. The number of rotatable bonds is 3. The van der Waals surface area contributed by atoms with Crippen LogP contribution in [0, 0.1) is 29.6 Å². The van der Waals surface area contributed by atoms with E-state index in [1.54, 1.807) is 0 Å². The zero-order chi connectivity index (χ0) is 17.8. The van der Waals surface area contributed by atoms with Gasteiger partial charge in [0.05, 0.1) is 18.1 Å². The molecule has 1 atom stereocenters. The van der Waals surface area contributed by atoms with Gasteiger partial charge in [-0.25, -0.2) is 0 Å². The summed E-state index contributed by atoms with van der Waals surface area (Å²) in [6.45, 7) is 6.27. The third-order valence-electron chi connectivity index (χ3n) is 7.60. The number of nitrogens with zero attached hydrogens (tertiary/aromatic N) is 1. The third-order valence-corrected chi connectivity index (χ3v) is 7.60. The van der Waals surface area contributed by atoms with E-state index in [1.165, 1.54) is 51.6 Å². The zero-order valence-electron chi connectivity index (χ0n) is 15.5. The number of carbonyl (C=O) groups is 2. The Bertz CT molecular complexity index is 523. The fourth-order valence-electron chi connectivity index (χ4n) is 6.41. The Morgan fingerprint density at radius 2 is 1.60 bits per heavy atom. The molecule has 0 spiro atoms. The molecule has 6 aliphatic rings. The molecular weight excluding hydrogens is 316 g/mol. The standard InChI is InChI=1S/C17H25NO3.C3H7N/c1-17(2)16(21)15(18(17)8-13(19)20)14-11-4-9-3-10(6-11)7-12(14)5-9;1-2-4-3-1/h9-12,14-15H,3-8H2,1-2H3,(H,19,20);4H,1-3H2. The molecule has 5 nitrogen and oxygen atoms in total. The molecule has 5 heteroatoms. The summed E-state index contributed by atoms with van der Waals surface area (Å²) in [6, 6.07) is -0.119. The molecule has 0 aromatic carbocycles. The molecule has 2 N–H and O–H groups in total. The van der Waals surface area contributed by atoms with Crippen LogP contribution in [0.2, 0.25) is 0 Å². The van der Waals surface area contributed by atoms with Crippen molar-refractivity contribution >= 4 is 11.8 Å². The van der Waals surface area contributed by atoms with Crippen LogP contribution in [-0.2, 0) is 9.59 Å². The number of carboxylic acids is 1. The Kier molecular flexibility index (Phi) is 4.43. The first-order valence-electron chi connectivity index (χ1n) is 10.1. The highest BCUT2D eigenvalue weighted by Gasteiger charge is 2.62. The highest BCUT2D eigenvalue weighted by Crippen LogP contribution is 2.59. The van der Waals surface area contributed by atoms with Crippen LogP contribution in [0.15, 0.2) is 0 Å². The van der Waals surface area contributed by atoms with Crippen LogP contribution in [0.25, 0.3) is 0 Å². The minimum Gasteiger partial charge on any atom is -0.480 e. The number of nitrogens with one attached hydrogen (secondary N) is 1. The Hall–Kier alpha value is -0.940. The molecule has 2 heterocycles. The molecular formula is C20H32N2O3. The van der Waals surface area contributed by atoms with Crippen LogP contribution in [0.4, 0.5) is 0 Å². The van der Waals surface area contributed by atoms with Gasteiger partial charge in [0.25, 0.3) is 0 Å². The van der Waals surface area contributed by atoms with Gasteiger partial charge in [0.15, 0.2) is 5.78 Å². The molecule has 0 aromatic heterocycles. The Morgan fingerprint density at radius 3 is 2.00 bits per heavy atom. The molecule has 4 aliphatic carbocycles. The van der Waals surface area contributed by atoms with Crippen molar-refractivity contribution in [3.05, 3.63) is 0 Å². The van der Waals surface area contributed by atoms with Gasteiger partial charge in [-0.05, 0) is 95.1 Å². The van der Waals surface area contributed by atoms with Crippen LogP contribution in [0.5, 0.6) is 0 Å². The summed E-state index contributed by atoms with van der Waals surface area (Å²) in [5.74, 6) is 3.01. The van der Waals surface area contributed by atoms with E-state index in [1.807, 2.05) is 18.7 Å². The summed E-state index contributed by atoms with van der Waals surface area (Å²) in [4.78, 5) is 25.8. The van der Waals surface area contributed by atoms with Gasteiger partial charge in [-0.3, -0.25) is 14.5 Å². The molecule has 0 radical (unpaired) electrons. The second-order valence-corrected chi connectivity index (χ2v) is 9.50. The van der Waals surface area contributed by atoms with Crippen molar-refractivity contribution in [1.82, 2.24) is 10.2 Å². The van der Waals surface area contributed by atoms with E-state index in [-0.39, 0.29) is 18.4 Å². The van der Waals surface area contributed by atoms with Gasteiger partial charge < -0.3 is 10.4 Å². The predicted molar refractivity (Wildman–Crippen MR) is 95.2 cm³/mol. The van der Waals surface area contributed by atoms with E-state index < -0.39 is 11.5 Å². The van der Waals surface area contributed by atoms with E-state index in [0.717, 1.165) is 11.8 Å². The summed E-state index contributed by atoms with van der Waals surface area (Å²) in [7, 11) is 0. The lowest BCUT2D eigenvalue weighted by atomic mass is 9.48. The molecule has 4 saturated carbocycles. The van der Waals surface area contributed by atoms with Gasteiger partial charge in [-0.2, -0.15) is 0 Å². The fourth-order valence-corrected chi connectivity index (χ4v) is 6.41. The average molecular weight is 348 g/mol. The molecule has 0 amide bonds. The quantitative estimate of drug-likeness (QED) is 0.818. The number of hydrogen-bond acceptors (Lipinski definition) is 4. The van der Waals surface area contributed by atoms with Crippen molar-refractivity contribution in [3.63, 3.8) is 0 Å². The second kappa shape index (κ2) is 6.34. The summed E-state index contributed by atoms with van der Waals surface area (Å²) in [6.07, 6.45) is 7.92. The maximum Gasteiger partial charge on any atom is 0.317 e. The molecule has 2 saturated heterocycles. The van der Waals surface area contributed by atoms with Crippen molar-refractivity contribution in [2.45, 2.75) is 64.0 Å². The molecule has 4 bridgehead atoms. The lowest BCUT2D eigenvalue weighted by molar-refractivity contribution is -0.179. The molecule has 6 fully saturated rings. The molecule has 6 rings (SSSR count). The maximum absolute atomic E-state index is 12.7. The monoisotopic (exact) mass is 348 g/mol. The van der Waals surface area contributed by atoms with E-state index >= 15 is 0 Å². The highest BCUT2D eigenvalue weighted by molar-refractivity contribution is 5.99. The first kappa shape index (κ1) is 17.5. The number of Topliss-reactive ketones (excluding diaryl/α,β-unsaturated/α-hetero) is 1. The van der Waals surface area contributed by atoms with Crippen molar-refractivity contribution < 1.29 is 14.7 Å². The first-order valence-corrected chi connectivity index (χ1v) is 10.1. The van der Waals surface area contributed by atoms with Gasteiger partial charge in [0, 0.05) is 0 Å². The maximum atomic E-state index is 12.7. The number of ketones is 1. The lowest BCUT2D eigenvalue weighted by Gasteiger charge is -2.63. The van der Waals surface area contributed by atoms with E-state index in [4.69, 9.17) is 0 Å². The normalized spacial score (nSPS) is 43.7. The number of aliphatic carboxylic acids is 1. The van der Waals surface area contributed by atoms with E-state index in [0.29, 0.717) is 17.8 Å². The molecule has 140 valence electrons. The summed E-state index contributed by atoms with van der Waals surface area (Å²) in [5.41, 5.74) is -0.586. The lowest BCUT2D eigenvalue weighted by Crippen LogP contribution is -2.76. The third kappa shape index (κ3) is 2.93. The topological polar surface area (TPSA) is 69.6 Å². The van der Waals surface area contributed by atoms with Crippen molar-refractivity contribution in [2.24, 2.45) is 29.6 Å². The van der Waals surface area contributed by atoms with Crippen molar-refractivity contribution in [1.29, 1.82) is 0 Å². The largest absolute Gasteiger partial charge is 0.480 e. The van der Waals surface area contributed by atoms with Gasteiger partial charge in [-0.15, -0.1) is 0 Å². The van der Waals surface area contributed by atoms with Crippen LogP contribution in [0.3, 0.4) is 0 Å². The smallest absolute Gasteiger partial charge is 0.317 e. The first-order chi connectivity index (χ1) is 11.9. The number of carbonyl (C=O) groups excluding carboxylic acids is 1. The highest BCUT2D eigenvalue weighted by atomic mass is 16.4. The van der Waals surface area contributed by atoms with Gasteiger partial charge in [0.1, 0.15) is 0 Å². The Balaban J connectivity index is 0.000000347. The van der Waals surface area contributed by atoms with Gasteiger partial charge >= 0.3 is 5.97 Å². The van der Waals surface area contributed by atoms with Crippen molar-refractivity contribution in [3.8, 4) is 0 Å². The number of hydrogen-bond donors (Lipinski definition) is 2. The van der Waals surface area contributed by atoms with Gasteiger partial charge in [-0.1, -0.05) is 0 Å². The summed E-state index contributed by atoms with van der Waals surface area (Å²) in [5, 5.41) is 12.3. The average Bonchev–Trinajstić information content (AvgIpc) is 2.46. The zero-order valence-corrected chi connectivity index (χ0v) is 15.5. The van der Waals surface area contributed by atoms with Crippen molar-refractivity contribution in [2.75, 3.05) is 19.6 Å².